The molecule has 0 aliphatic carbocycles. The van der Waals surface area contributed by atoms with Crippen LogP contribution in [0.25, 0.3) is 10.9 Å². The van der Waals surface area contributed by atoms with E-state index in [1.165, 1.54) is 0 Å². The van der Waals surface area contributed by atoms with Crippen molar-refractivity contribution < 1.29 is 0 Å². The molecule has 0 amide bonds. The Kier molecular flexibility index (Phi) is 3.16. The van der Waals surface area contributed by atoms with Crippen LogP contribution in [0.5, 0.6) is 0 Å². The Morgan fingerprint density at radius 3 is 2.67 bits per heavy atom. The van der Waals surface area contributed by atoms with Crippen molar-refractivity contribution in [3.05, 3.63) is 38.4 Å². The minimum Gasteiger partial charge on any atom is -0.325 e. The van der Waals surface area contributed by atoms with Gasteiger partial charge in [0.15, 0.2) is 0 Å². The maximum absolute atomic E-state index is 6.09. The second-order valence-corrected chi connectivity index (χ2v) is 4.68. The molecule has 2 aromatic rings. The third-order valence-corrected chi connectivity index (χ3v) is 3.80. The minimum absolute atomic E-state index is 0.389. The summed E-state index contributed by atoms with van der Waals surface area (Å²) < 4.78 is 0.768. The summed E-state index contributed by atoms with van der Waals surface area (Å²) >= 11 is 15.4. The van der Waals surface area contributed by atoms with Crippen LogP contribution in [0.1, 0.15) is 5.69 Å². The van der Waals surface area contributed by atoms with Crippen molar-refractivity contribution >= 4 is 50.0 Å². The van der Waals surface area contributed by atoms with E-state index in [0.717, 1.165) is 15.6 Å². The van der Waals surface area contributed by atoms with Crippen LogP contribution in [-0.2, 0) is 6.54 Å². The summed E-state index contributed by atoms with van der Waals surface area (Å²) in [5, 5.41) is 1.87. The van der Waals surface area contributed by atoms with E-state index in [-0.39, 0.29) is 0 Å². The summed E-state index contributed by atoms with van der Waals surface area (Å²) in [6.45, 7) is 0.389. The van der Waals surface area contributed by atoms with E-state index in [1.807, 2.05) is 18.2 Å². The second kappa shape index (κ2) is 4.26. The van der Waals surface area contributed by atoms with E-state index in [2.05, 4.69) is 20.9 Å². The number of rotatable bonds is 1. The Bertz CT molecular complexity index is 528. The van der Waals surface area contributed by atoms with Gasteiger partial charge in [-0.2, -0.15) is 0 Å². The van der Waals surface area contributed by atoms with Crippen molar-refractivity contribution in [1.82, 2.24) is 4.98 Å². The van der Waals surface area contributed by atoms with Crippen LogP contribution >= 0.6 is 39.1 Å². The highest BCUT2D eigenvalue weighted by molar-refractivity contribution is 9.10. The van der Waals surface area contributed by atoms with Gasteiger partial charge in [0.2, 0.25) is 0 Å². The number of hydrogen-bond acceptors (Lipinski definition) is 2. The van der Waals surface area contributed by atoms with E-state index in [0.29, 0.717) is 22.1 Å². The number of halogens is 3. The zero-order valence-electron chi connectivity index (χ0n) is 7.60. The van der Waals surface area contributed by atoms with Crippen LogP contribution in [0, 0.1) is 0 Å². The lowest BCUT2D eigenvalue weighted by atomic mass is 10.2. The van der Waals surface area contributed by atoms with E-state index in [4.69, 9.17) is 28.9 Å². The monoisotopic (exact) mass is 304 g/mol. The summed E-state index contributed by atoms with van der Waals surface area (Å²) in [5.41, 5.74) is 6.99. The first-order valence-corrected chi connectivity index (χ1v) is 5.81. The van der Waals surface area contributed by atoms with Crippen molar-refractivity contribution in [2.24, 2.45) is 5.73 Å². The SMILES string of the molecule is NCc1ccc2cc(Br)c(Cl)c(Cl)c2n1. The molecule has 0 aliphatic heterocycles. The molecular weight excluding hydrogens is 299 g/mol. The van der Waals surface area contributed by atoms with Gasteiger partial charge >= 0.3 is 0 Å². The zero-order chi connectivity index (χ0) is 11.0. The summed E-state index contributed by atoms with van der Waals surface area (Å²) in [6.07, 6.45) is 0. The van der Waals surface area contributed by atoms with Gasteiger partial charge < -0.3 is 5.73 Å². The number of fused-ring (bicyclic) bond motifs is 1. The topological polar surface area (TPSA) is 38.9 Å². The number of benzene rings is 1. The van der Waals surface area contributed by atoms with Gasteiger partial charge in [-0.15, -0.1) is 0 Å². The van der Waals surface area contributed by atoms with Crippen LogP contribution in [0.2, 0.25) is 10.0 Å². The third kappa shape index (κ3) is 1.97. The maximum atomic E-state index is 6.09. The summed E-state index contributed by atoms with van der Waals surface area (Å²) in [5.74, 6) is 0. The van der Waals surface area contributed by atoms with E-state index in [1.54, 1.807) is 0 Å². The van der Waals surface area contributed by atoms with Crippen LogP contribution in [0.3, 0.4) is 0 Å². The largest absolute Gasteiger partial charge is 0.325 e. The fourth-order valence-corrected chi connectivity index (χ4v) is 2.28. The highest BCUT2D eigenvalue weighted by Crippen LogP contribution is 2.35. The molecule has 0 fully saturated rings. The van der Waals surface area contributed by atoms with Crippen LogP contribution in [0.15, 0.2) is 22.7 Å². The maximum Gasteiger partial charge on any atom is 0.0908 e. The van der Waals surface area contributed by atoms with Crippen molar-refractivity contribution in [3.8, 4) is 0 Å². The van der Waals surface area contributed by atoms with Crippen molar-refractivity contribution in [2.45, 2.75) is 6.54 Å². The Balaban J connectivity index is 2.81. The molecule has 0 atom stereocenters. The number of nitrogens with two attached hydrogens (primary N) is 1. The number of nitrogens with zero attached hydrogens (tertiary/aromatic N) is 1. The fourth-order valence-electron chi connectivity index (χ4n) is 1.32. The first-order valence-electron chi connectivity index (χ1n) is 4.26. The molecule has 0 bridgehead atoms. The summed E-state index contributed by atoms with van der Waals surface area (Å²) in [6, 6.07) is 5.69. The zero-order valence-corrected chi connectivity index (χ0v) is 10.7. The molecule has 1 aromatic carbocycles. The Hall–Kier alpha value is -0.350. The molecule has 5 heteroatoms. The average molecular weight is 306 g/mol. The molecule has 15 heavy (non-hydrogen) atoms. The molecule has 0 aliphatic rings. The smallest absolute Gasteiger partial charge is 0.0908 e. The van der Waals surface area contributed by atoms with E-state index >= 15 is 0 Å². The van der Waals surface area contributed by atoms with Crippen molar-refractivity contribution in [1.29, 1.82) is 0 Å². The molecular formula is C10H7BrCl2N2. The lowest BCUT2D eigenvalue weighted by Crippen LogP contribution is -1.99. The lowest BCUT2D eigenvalue weighted by molar-refractivity contribution is 1.01. The molecule has 0 saturated heterocycles. The third-order valence-electron chi connectivity index (χ3n) is 2.09. The first kappa shape index (κ1) is 11.1. The highest BCUT2D eigenvalue weighted by atomic mass is 79.9. The van der Waals surface area contributed by atoms with Crippen molar-refractivity contribution in [2.75, 3.05) is 0 Å². The van der Waals surface area contributed by atoms with Gasteiger partial charge in [-0.25, -0.2) is 4.98 Å². The molecule has 0 saturated carbocycles. The first-order chi connectivity index (χ1) is 7.13. The molecule has 1 heterocycles. The van der Waals surface area contributed by atoms with Gasteiger partial charge in [0, 0.05) is 16.4 Å². The molecule has 2 rings (SSSR count). The van der Waals surface area contributed by atoms with Gasteiger partial charge in [-0.3, -0.25) is 0 Å². The van der Waals surface area contributed by atoms with Crippen LogP contribution < -0.4 is 5.73 Å². The van der Waals surface area contributed by atoms with Crippen LogP contribution in [0.4, 0.5) is 0 Å². The van der Waals surface area contributed by atoms with Crippen LogP contribution in [-0.4, -0.2) is 4.98 Å². The Morgan fingerprint density at radius 1 is 1.27 bits per heavy atom. The number of pyridine rings is 1. The fraction of sp³-hybridized carbons (Fsp3) is 0.100. The van der Waals surface area contributed by atoms with Gasteiger partial charge in [0.25, 0.3) is 0 Å². The molecule has 2 nitrogen and oxygen atoms in total. The quantitative estimate of drug-likeness (QED) is 0.815. The molecule has 78 valence electrons. The van der Waals surface area contributed by atoms with Gasteiger partial charge in [0.1, 0.15) is 0 Å². The average Bonchev–Trinajstić information content (AvgIpc) is 2.26. The second-order valence-electron chi connectivity index (χ2n) is 3.06. The number of hydrogen-bond donors (Lipinski definition) is 1. The Labute approximate surface area is 106 Å². The molecule has 0 spiro atoms. The standard InChI is InChI=1S/C10H7BrCl2N2/c11-7-3-5-1-2-6(4-14)15-10(5)9(13)8(7)12/h1-3H,4,14H2. The minimum atomic E-state index is 0.389. The number of aromatic nitrogens is 1. The molecule has 0 unspecified atom stereocenters. The summed E-state index contributed by atoms with van der Waals surface area (Å²) in [4.78, 5) is 4.33. The normalized spacial score (nSPS) is 10.9. The summed E-state index contributed by atoms with van der Waals surface area (Å²) in [7, 11) is 0. The molecule has 2 N–H and O–H groups in total. The predicted octanol–water partition coefficient (Wildman–Crippen LogP) is 3.76. The lowest BCUT2D eigenvalue weighted by Gasteiger charge is -2.05. The van der Waals surface area contributed by atoms with Gasteiger partial charge in [-0.05, 0) is 28.1 Å². The van der Waals surface area contributed by atoms with Gasteiger partial charge in [0.05, 0.1) is 21.3 Å². The van der Waals surface area contributed by atoms with E-state index < -0.39 is 0 Å². The van der Waals surface area contributed by atoms with Crippen molar-refractivity contribution in [3.63, 3.8) is 0 Å². The molecule has 0 radical (unpaired) electrons. The predicted molar refractivity (Wildman–Crippen MR) is 67.4 cm³/mol. The molecule has 1 aromatic heterocycles. The van der Waals surface area contributed by atoms with E-state index in [9.17, 15) is 0 Å². The van der Waals surface area contributed by atoms with Gasteiger partial charge in [-0.1, -0.05) is 29.3 Å². The highest BCUT2D eigenvalue weighted by Gasteiger charge is 2.09. The Morgan fingerprint density at radius 2 is 2.00 bits per heavy atom.